The molecule has 4 heterocycles. The minimum Gasteiger partial charge on any atom is -0.334 e. The van der Waals surface area contributed by atoms with Crippen molar-refractivity contribution in [2.24, 2.45) is 5.92 Å². The van der Waals surface area contributed by atoms with Gasteiger partial charge in [0, 0.05) is 5.56 Å². The number of hydrogen-bond acceptors (Lipinski definition) is 3. The number of rotatable bonds is 3. The smallest absolute Gasteiger partial charge is 0.258 e. The molecule has 0 aliphatic carbocycles. The highest BCUT2D eigenvalue weighted by Crippen LogP contribution is 2.34. The molecule has 0 unspecified atom stereocenters. The van der Waals surface area contributed by atoms with Gasteiger partial charge in [-0.2, -0.15) is 4.98 Å². The summed E-state index contributed by atoms with van der Waals surface area (Å²) >= 11 is 0. The summed E-state index contributed by atoms with van der Waals surface area (Å²) in [6.45, 7) is 6.89. The maximum absolute atomic E-state index is 5.46. The molecule has 3 aliphatic heterocycles. The van der Waals surface area contributed by atoms with E-state index in [4.69, 9.17) is 4.52 Å². The number of nitrogens with zero attached hydrogens (tertiary/aromatic N) is 3. The highest BCUT2D eigenvalue weighted by Gasteiger charge is 2.40. The van der Waals surface area contributed by atoms with Crippen molar-refractivity contribution in [1.29, 1.82) is 0 Å². The van der Waals surface area contributed by atoms with E-state index in [1.165, 1.54) is 48.9 Å². The lowest BCUT2D eigenvalue weighted by Gasteiger charge is -2.48. The van der Waals surface area contributed by atoms with Crippen molar-refractivity contribution >= 4 is 0 Å². The quantitative estimate of drug-likeness (QED) is 0.813. The van der Waals surface area contributed by atoms with E-state index in [0.29, 0.717) is 5.89 Å². The van der Waals surface area contributed by atoms with Crippen LogP contribution in [-0.4, -0.2) is 34.3 Å². The van der Waals surface area contributed by atoms with Gasteiger partial charge in [0.25, 0.3) is 5.89 Å². The summed E-state index contributed by atoms with van der Waals surface area (Å²) in [6.07, 6.45) is 4.13. The van der Waals surface area contributed by atoms with E-state index >= 15 is 0 Å². The summed E-state index contributed by atoms with van der Waals surface area (Å²) in [6, 6.07) is 8.25. The first-order valence-electron chi connectivity index (χ1n) is 7.97. The Morgan fingerprint density at radius 2 is 1.76 bits per heavy atom. The fourth-order valence-corrected chi connectivity index (χ4v) is 3.81. The Kier molecular flexibility index (Phi) is 3.07. The summed E-state index contributed by atoms with van der Waals surface area (Å²) in [5, 5.41) is 4.22. The van der Waals surface area contributed by atoms with Crippen LogP contribution in [0.25, 0.3) is 11.5 Å². The lowest BCUT2D eigenvalue weighted by molar-refractivity contribution is -0.955. The van der Waals surface area contributed by atoms with Gasteiger partial charge < -0.3 is 9.01 Å². The lowest BCUT2D eigenvalue weighted by atomic mass is 9.86. The molecule has 110 valence electrons. The Hall–Kier alpha value is -1.68. The van der Waals surface area contributed by atoms with Gasteiger partial charge in [-0.3, -0.25) is 0 Å². The van der Waals surface area contributed by atoms with Gasteiger partial charge in [0.05, 0.1) is 19.6 Å². The van der Waals surface area contributed by atoms with Crippen molar-refractivity contribution < 1.29 is 9.01 Å². The summed E-state index contributed by atoms with van der Waals surface area (Å²) in [7, 11) is 0. The van der Waals surface area contributed by atoms with Crippen molar-refractivity contribution in [3.05, 3.63) is 35.7 Å². The average Bonchev–Trinajstić information content (AvgIpc) is 2.97. The molecule has 3 saturated heterocycles. The first-order valence-corrected chi connectivity index (χ1v) is 7.97. The normalized spacial score (nSPS) is 28.0. The highest BCUT2D eigenvalue weighted by molar-refractivity contribution is 5.53. The molecule has 5 rings (SSSR count). The first kappa shape index (κ1) is 13.0. The Labute approximate surface area is 125 Å². The number of fused-ring (bicyclic) bond motifs is 3. The van der Waals surface area contributed by atoms with E-state index in [1.54, 1.807) is 0 Å². The third-order valence-electron chi connectivity index (χ3n) is 5.28. The van der Waals surface area contributed by atoms with Gasteiger partial charge in [-0.15, -0.1) is 0 Å². The second-order valence-electron chi connectivity index (χ2n) is 6.78. The highest BCUT2D eigenvalue weighted by atomic mass is 16.5. The molecule has 1 aromatic carbocycles. The van der Waals surface area contributed by atoms with Crippen LogP contribution in [0.3, 0.4) is 0 Å². The second kappa shape index (κ2) is 4.95. The van der Waals surface area contributed by atoms with Gasteiger partial charge in [-0.1, -0.05) is 22.9 Å². The topological polar surface area (TPSA) is 38.9 Å². The molecule has 0 atom stereocenters. The maximum Gasteiger partial charge on any atom is 0.258 e. The second-order valence-corrected chi connectivity index (χ2v) is 6.78. The van der Waals surface area contributed by atoms with Gasteiger partial charge in [-0.05, 0) is 44.2 Å². The molecule has 1 aromatic heterocycles. The summed E-state index contributed by atoms with van der Waals surface area (Å²) in [5.41, 5.74) is 2.25. The fourth-order valence-electron chi connectivity index (χ4n) is 3.81. The van der Waals surface area contributed by atoms with Gasteiger partial charge in [0.15, 0.2) is 0 Å². The van der Waals surface area contributed by atoms with Crippen LogP contribution < -0.4 is 0 Å². The van der Waals surface area contributed by atoms with Crippen LogP contribution in [0.4, 0.5) is 0 Å². The van der Waals surface area contributed by atoms with Crippen molar-refractivity contribution in [2.45, 2.75) is 32.7 Å². The van der Waals surface area contributed by atoms with E-state index in [2.05, 4.69) is 29.2 Å². The summed E-state index contributed by atoms with van der Waals surface area (Å²) in [5.74, 6) is 2.50. The van der Waals surface area contributed by atoms with Crippen molar-refractivity contribution in [2.75, 3.05) is 19.6 Å². The first-order chi connectivity index (χ1) is 10.2. The van der Waals surface area contributed by atoms with Gasteiger partial charge in [0.2, 0.25) is 5.82 Å². The number of quaternary nitrogens is 1. The molecule has 4 nitrogen and oxygen atoms in total. The molecular weight excluding hydrogens is 262 g/mol. The molecule has 0 spiro atoms. The van der Waals surface area contributed by atoms with Crippen LogP contribution in [0.1, 0.15) is 30.7 Å². The van der Waals surface area contributed by atoms with Crippen molar-refractivity contribution in [1.82, 2.24) is 10.1 Å². The predicted octanol–water partition coefficient (Wildman–Crippen LogP) is 3.18. The van der Waals surface area contributed by atoms with E-state index < -0.39 is 0 Å². The summed E-state index contributed by atoms with van der Waals surface area (Å²) in [4.78, 5) is 4.62. The Bertz CT molecular complexity index is 610. The number of hydrogen-bond donors (Lipinski definition) is 0. The monoisotopic (exact) mass is 284 g/mol. The minimum atomic E-state index is 0.648. The maximum atomic E-state index is 5.46. The molecule has 21 heavy (non-hydrogen) atoms. The van der Waals surface area contributed by atoms with Crippen molar-refractivity contribution in [3.63, 3.8) is 0 Å². The number of piperidine rings is 3. The van der Waals surface area contributed by atoms with E-state index in [1.807, 2.05) is 12.1 Å². The van der Waals surface area contributed by atoms with Gasteiger partial charge in [0.1, 0.15) is 6.54 Å². The van der Waals surface area contributed by atoms with Crippen LogP contribution in [0.2, 0.25) is 0 Å². The minimum absolute atomic E-state index is 0.648. The average molecular weight is 284 g/mol. The van der Waals surface area contributed by atoms with Crippen LogP contribution in [0.15, 0.2) is 28.8 Å². The molecule has 2 bridgehead atoms. The number of aromatic nitrogens is 2. The number of benzene rings is 1. The summed E-state index contributed by atoms with van der Waals surface area (Å²) < 4.78 is 6.63. The predicted molar refractivity (Wildman–Crippen MR) is 80.4 cm³/mol. The fraction of sp³-hybridized carbons (Fsp3) is 0.529. The molecule has 0 N–H and O–H groups in total. The largest absolute Gasteiger partial charge is 0.334 e. The molecule has 0 saturated carbocycles. The third kappa shape index (κ3) is 2.48. The van der Waals surface area contributed by atoms with Crippen LogP contribution in [0, 0.1) is 12.8 Å². The van der Waals surface area contributed by atoms with E-state index in [-0.39, 0.29) is 0 Å². The van der Waals surface area contributed by atoms with E-state index in [9.17, 15) is 0 Å². The van der Waals surface area contributed by atoms with Gasteiger partial charge >= 0.3 is 0 Å². The molecular formula is C17H22N3O+. The van der Waals surface area contributed by atoms with Gasteiger partial charge in [-0.25, -0.2) is 0 Å². The van der Waals surface area contributed by atoms with E-state index in [0.717, 1.165) is 23.9 Å². The van der Waals surface area contributed by atoms with Crippen LogP contribution in [0.5, 0.6) is 0 Å². The molecule has 3 aliphatic rings. The lowest BCUT2D eigenvalue weighted by Crippen LogP contribution is -2.57. The zero-order chi connectivity index (χ0) is 14.3. The SMILES string of the molecule is Cc1ccc(-c2nc(C[N+]34CCC(CC3)CC4)no2)cc1. The van der Waals surface area contributed by atoms with Crippen LogP contribution in [-0.2, 0) is 6.54 Å². The number of aryl methyl sites for hydroxylation is 1. The Morgan fingerprint density at radius 1 is 1.10 bits per heavy atom. The van der Waals surface area contributed by atoms with Crippen molar-refractivity contribution in [3.8, 4) is 11.5 Å². The molecule has 4 heteroatoms. The molecule has 2 aromatic rings. The molecule has 0 amide bonds. The zero-order valence-corrected chi connectivity index (χ0v) is 12.6. The Balaban J connectivity index is 1.53. The Morgan fingerprint density at radius 3 is 2.43 bits per heavy atom. The third-order valence-corrected chi connectivity index (χ3v) is 5.28. The zero-order valence-electron chi connectivity index (χ0n) is 12.6. The molecule has 0 radical (unpaired) electrons. The van der Waals surface area contributed by atoms with Crippen LogP contribution >= 0.6 is 0 Å². The molecule has 3 fully saturated rings. The standard InChI is InChI=1S/C17H22N3O/c1-13-2-4-15(5-3-13)17-18-16(19-21-17)12-20-9-6-14(7-10-20)8-11-20/h2-5,14H,6-12H2,1H3/q+1.